The molecule has 1 atom stereocenters. The highest BCUT2D eigenvalue weighted by Gasteiger charge is 2.30. The molecule has 1 heterocycles. The smallest absolute Gasteiger partial charge is 0.123 e. The van der Waals surface area contributed by atoms with Crippen LogP contribution in [0.25, 0.3) is 0 Å². The quantitative estimate of drug-likeness (QED) is 0.852. The second-order valence-electron chi connectivity index (χ2n) is 5.77. The van der Waals surface area contributed by atoms with Crippen LogP contribution in [0.3, 0.4) is 0 Å². The van der Waals surface area contributed by atoms with Crippen LogP contribution < -0.4 is 10.5 Å². The summed E-state index contributed by atoms with van der Waals surface area (Å²) < 4.78 is 6.06. The van der Waals surface area contributed by atoms with Gasteiger partial charge in [-0.25, -0.2) is 0 Å². The maximum atomic E-state index is 6.06. The molecule has 2 N–H and O–H groups in total. The highest BCUT2D eigenvalue weighted by Crippen LogP contribution is 2.30. The Morgan fingerprint density at radius 2 is 2.11 bits per heavy atom. The van der Waals surface area contributed by atoms with Crippen molar-refractivity contribution >= 4 is 0 Å². The van der Waals surface area contributed by atoms with Crippen molar-refractivity contribution in [2.24, 2.45) is 5.73 Å². The fourth-order valence-electron chi connectivity index (χ4n) is 3.09. The number of nitrogens with two attached hydrogens (primary N) is 1. The third kappa shape index (κ3) is 2.93. The maximum Gasteiger partial charge on any atom is 0.123 e. The van der Waals surface area contributed by atoms with Gasteiger partial charge in [-0.05, 0) is 44.0 Å². The average Bonchev–Trinajstić information content (AvgIpc) is 2.76. The Hall–Kier alpha value is -1.06. The summed E-state index contributed by atoms with van der Waals surface area (Å²) in [5.41, 5.74) is 7.02. The molecule has 0 spiro atoms. The van der Waals surface area contributed by atoms with Crippen LogP contribution in [0.1, 0.15) is 31.2 Å². The first kappa shape index (κ1) is 12.9. The molecule has 1 aromatic rings. The van der Waals surface area contributed by atoms with Gasteiger partial charge in [0.2, 0.25) is 0 Å². The van der Waals surface area contributed by atoms with E-state index in [4.69, 9.17) is 10.5 Å². The SMILES string of the molecule is NCCCN(CC1Cc2ccccc2O1)C1CCC1. The number of para-hydroxylation sites is 1. The number of benzene rings is 1. The maximum absolute atomic E-state index is 6.06. The summed E-state index contributed by atoms with van der Waals surface area (Å²) in [6, 6.07) is 9.20. The molecule has 3 nitrogen and oxygen atoms in total. The molecule has 1 aliphatic carbocycles. The summed E-state index contributed by atoms with van der Waals surface area (Å²) in [4.78, 5) is 2.60. The summed E-state index contributed by atoms with van der Waals surface area (Å²) in [7, 11) is 0. The van der Waals surface area contributed by atoms with E-state index in [9.17, 15) is 0 Å². The van der Waals surface area contributed by atoms with Crippen molar-refractivity contribution in [1.29, 1.82) is 0 Å². The van der Waals surface area contributed by atoms with E-state index in [0.29, 0.717) is 6.10 Å². The molecule has 2 aliphatic rings. The molecular weight excluding hydrogens is 236 g/mol. The van der Waals surface area contributed by atoms with Gasteiger partial charge in [-0.15, -0.1) is 0 Å². The molecule has 1 saturated carbocycles. The number of nitrogens with zero attached hydrogens (tertiary/aromatic N) is 1. The Balaban J connectivity index is 1.57. The van der Waals surface area contributed by atoms with Crippen LogP contribution >= 0.6 is 0 Å². The van der Waals surface area contributed by atoms with Crippen molar-refractivity contribution in [1.82, 2.24) is 4.90 Å². The Labute approximate surface area is 115 Å². The van der Waals surface area contributed by atoms with E-state index >= 15 is 0 Å². The average molecular weight is 260 g/mol. The van der Waals surface area contributed by atoms with Crippen molar-refractivity contribution < 1.29 is 4.74 Å². The lowest BCUT2D eigenvalue weighted by Gasteiger charge is -2.38. The molecule has 0 amide bonds. The lowest BCUT2D eigenvalue weighted by molar-refractivity contribution is 0.0780. The summed E-state index contributed by atoms with van der Waals surface area (Å²) in [6.07, 6.45) is 6.57. The number of hydrogen-bond acceptors (Lipinski definition) is 3. The molecule has 19 heavy (non-hydrogen) atoms. The molecule has 0 radical (unpaired) electrons. The standard InChI is InChI=1S/C16H24N2O/c17-9-4-10-18(14-6-3-7-14)12-15-11-13-5-1-2-8-16(13)19-15/h1-2,5,8,14-15H,3-4,6-7,9-12,17H2. The van der Waals surface area contributed by atoms with Crippen LogP contribution in [-0.4, -0.2) is 36.7 Å². The first-order chi connectivity index (χ1) is 9.36. The number of rotatable bonds is 6. The third-order valence-electron chi connectivity index (χ3n) is 4.39. The minimum Gasteiger partial charge on any atom is -0.488 e. The van der Waals surface area contributed by atoms with E-state index in [1.54, 1.807) is 0 Å². The first-order valence-electron chi connectivity index (χ1n) is 7.55. The molecular formula is C16H24N2O. The van der Waals surface area contributed by atoms with E-state index in [1.807, 2.05) is 0 Å². The summed E-state index contributed by atoms with van der Waals surface area (Å²) in [6.45, 7) is 2.96. The first-order valence-corrected chi connectivity index (χ1v) is 7.55. The van der Waals surface area contributed by atoms with E-state index in [2.05, 4.69) is 29.2 Å². The monoisotopic (exact) mass is 260 g/mol. The predicted molar refractivity (Wildman–Crippen MR) is 77.4 cm³/mol. The highest BCUT2D eigenvalue weighted by molar-refractivity contribution is 5.37. The van der Waals surface area contributed by atoms with Crippen molar-refractivity contribution in [2.45, 2.75) is 44.2 Å². The summed E-state index contributed by atoms with van der Waals surface area (Å²) >= 11 is 0. The number of fused-ring (bicyclic) bond motifs is 1. The topological polar surface area (TPSA) is 38.5 Å². The second kappa shape index (κ2) is 5.93. The molecule has 3 heteroatoms. The molecule has 0 aromatic heterocycles. The molecule has 1 aliphatic heterocycles. The molecule has 0 bridgehead atoms. The fourth-order valence-corrected chi connectivity index (χ4v) is 3.09. The number of ether oxygens (including phenoxy) is 1. The van der Waals surface area contributed by atoms with Crippen LogP contribution in [-0.2, 0) is 6.42 Å². The van der Waals surface area contributed by atoms with Gasteiger partial charge in [0.15, 0.2) is 0 Å². The van der Waals surface area contributed by atoms with Crippen molar-refractivity contribution in [2.75, 3.05) is 19.6 Å². The molecule has 0 saturated heterocycles. The van der Waals surface area contributed by atoms with Gasteiger partial charge in [-0.2, -0.15) is 0 Å². The third-order valence-corrected chi connectivity index (χ3v) is 4.39. The minimum absolute atomic E-state index is 0.329. The Bertz CT molecular complexity index is 392. The predicted octanol–water partition coefficient (Wildman–Crippen LogP) is 2.19. The molecule has 1 aromatic carbocycles. The molecule has 1 unspecified atom stereocenters. The van der Waals surface area contributed by atoms with Gasteiger partial charge in [0, 0.05) is 19.0 Å². The van der Waals surface area contributed by atoms with Crippen molar-refractivity contribution in [3.05, 3.63) is 29.8 Å². The molecule has 3 rings (SSSR count). The van der Waals surface area contributed by atoms with Crippen LogP contribution in [0.4, 0.5) is 0 Å². The number of hydrogen-bond donors (Lipinski definition) is 1. The van der Waals surface area contributed by atoms with Crippen LogP contribution in [0, 0.1) is 0 Å². The van der Waals surface area contributed by atoms with E-state index in [-0.39, 0.29) is 0 Å². The van der Waals surface area contributed by atoms with Gasteiger partial charge in [-0.1, -0.05) is 24.6 Å². The van der Waals surface area contributed by atoms with Gasteiger partial charge in [-0.3, -0.25) is 4.90 Å². The Morgan fingerprint density at radius 3 is 2.79 bits per heavy atom. The van der Waals surface area contributed by atoms with E-state index in [0.717, 1.165) is 44.3 Å². The van der Waals surface area contributed by atoms with E-state index in [1.165, 1.54) is 24.8 Å². The molecule has 104 valence electrons. The van der Waals surface area contributed by atoms with Gasteiger partial charge in [0.25, 0.3) is 0 Å². The lowest BCUT2D eigenvalue weighted by Crippen LogP contribution is -2.46. The second-order valence-corrected chi connectivity index (χ2v) is 5.77. The Kier molecular flexibility index (Phi) is 4.04. The zero-order valence-corrected chi connectivity index (χ0v) is 11.6. The van der Waals surface area contributed by atoms with Gasteiger partial charge >= 0.3 is 0 Å². The largest absolute Gasteiger partial charge is 0.488 e. The van der Waals surface area contributed by atoms with E-state index < -0.39 is 0 Å². The van der Waals surface area contributed by atoms with Crippen LogP contribution in [0.2, 0.25) is 0 Å². The highest BCUT2D eigenvalue weighted by atomic mass is 16.5. The van der Waals surface area contributed by atoms with Crippen LogP contribution in [0.5, 0.6) is 5.75 Å². The van der Waals surface area contributed by atoms with Crippen molar-refractivity contribution in [3.63, 3.8) is 0 Å². The van der Waals surface area contributed by atoms with Crippen molar-refractivity contribution in [3.8, 4) is 5.75 Å². The summed E-state index contributed by atoms with van der Waals surface area (Å²) in [5, 5.41) is 0. The lowest BCUT2D eigenvalue weighted by atomic mass is 9.91. The summed E-state index contributed by atoms with van der Waals surface area (Å²) in [5.74, 6) is 1.08. The zero-order valence-electron chi connectivity index (χ0n) is 11.6. The zero-order chi connectivity index (χ0) is 13.1. The minimum atomic E-state index is 0.329. The normalized spacial score (nSPS) is 22.1. The van der Waals surface area contributed by atoms with Gasteiger partial charge in [0.05, 0.1) is 0 Å². The molecule has 1 fully saturated rings. The fraction of sp³-hybridized carbons (Fsp3) is 0.625. The Morgan fingerprint density at radius 1 is 1.26 bits per heavy atom. The van der Waals surface area contributed by atoms with Gasteiger partial charge in [0.1, 0.15) is 11.9 Å². The van der Waals surface area contributed by atoms with Gasteiger partial charge < -0.3 is 10.5 Å². The van der Waals surface area contributed by atoms with Crippen LogP contribution in [0.15, 0.2) is 24.3 Å².